The molecule has 0 bridgehead atoms. The molecule has 0 aromatic heterocycles. The number of fused-ring (bicyclic) bond motifs is 1. The SMILES string of the molecule is O=C(NCCS(=O)(=O)N1CCOCC1)c1cccc(NC(=O)C2Cc3ccccc3O2)c1. The van der Waals surface area contributed by atoms with Crippen LogP contribution in [-0.4, -0.2) is 69.2 Å². The number of rotatable bonds is 7. The van der Waals surface area contributed by atoms with Gasteiger partial charge in [-0.15, -0.1) is 0 Å². The van der Waals surface area contributed by atoms with E-state index in [1.165, 1.54) is 4.31 Å². The van der Waals surface area contributed by atoms with Crippen molar-refractivity contribution in [3.63, 3.8) is 0 Å². The minimum absolute atomic E-state index is 0.0106. The zero-order chi connectivity index (χ0) is 22.6. The second-order valence-electron chi connectivity index (χ2n) is 7.57. The zero-order valence-electron chi connectivity index (χ0n) is 17.5. The molecule has 9 nitrogen and oxygen atoms in total. The number of hydrogen-bond acceptors (Lipinski definition) is 6. The summed E-state index contributed by atoms with van der Waals surface area (Å²) in [6, 6.07) is 14.0. The van der Waals surface area contributed by atoms with Crippen molar-refractivity contribution in [2.45, 2.75) is 12.5 Å². The van der Waals surface area contributed by atoms with E-state index in [0.717, 1.165) is 5.56 Å². The molecule has 2 aromatic carbocycles. The predicted molar refractivity (Wildman–Crippen MR) is 118 cm³/mol. The van der Waals surface area contributed by atoms with Crippen LogP contribution in [0.1, 0.15) is 15.9 Å². The first-order chi connectivity index (χ1) is 15.4. The van der Waals surface area contributed by atoms with Crippen LogP contribution in [0.25, 0.3) is 0 Å². The Bertz CT molecular complexity index is 1070. The number of carbonyl (C=O) groups is 2. The fourth-order valence-corrected chi connectivity index (χ4v) is 4.96. The molecule has 1 saturated heterocycles. The molecule has 0 radical (unpaired) electrons. The largest absolute Gasteiger partial charge is 0.480 e. The van der Waals surface area contributed by atoms with Crippen molar-refractivity contribution >= 4 is 27.5 Å². The highest BCUT2D eigenvalue weighted by atomic mass is 32.2. The minimum Gasteiger partial charge on any atom is -0.480 e. The molecule has 2 heterocycles. The van der Waals surface area contributed by atoms with Crippen molar-refractivity contribution in [3.05, 3.63) is 59.7 Å². The van der Waals surface area contributed by atoms with E-state index in [-0.39, 0.29) is 18.2 Å². The third-order valence-corrected chi connectivity index (χ3v) is 7.21. The first-order valence-corrected chi connectivity index (χ1v) is 12.0. The lowest BCUT2D eigenvalue weighted by molar-refractivity contribution is -0.122. The Balaban J connectivity index is 1.29. The molecule has 1 fully saturated rings. The summed E-state index contributed by atoms with van der Waals surface area (Å²) in [4.78, 5) is 25.1. The van der Waals surface area contributed by atoms with E-state index in [2.05, 4.69) is 10.6 Å². The lowest BCUT2D eigenvalue weighted by Crippen LogP contribution is -2.43. The van der Waals surface area contributed by atoms with Crippen LogP contribution < -0.4 is 15.4 Å². The number of hydrogen-bond donors (Lipinski definition) is 2. The highest BCUT2D eigenvalue weighted by Gasteiger charge is 2.29. The Kier molecular flexibility index (Phi) is 6.73. The van der Waals surface area contributed by atoms with Gasteiger partial charge in [-0.1, -0.05) is 24.3 Å². The number of nitrogens with zero attached hydrogens (tertiary/aromatic N) is 1. The summed E-state index contributed by atoms with van der Waals surface area (Å²) in [5, 5.41) is 5.41. The second-order valence-corrected chi connectivity index (χ2v) is 9.66. The molecule has 2 aliphatic rings. The molecule has 1 atom stereocenters. The average molecular weight is 460 g/mol. The van der Waals surface area contributed by atoms with Crippen LogP contribution in [0.3, 0.4) is 0 Å². The van der Waals surface area contributed by atoms with Crippen LogP contribution in [0.15, 0.2) is 48.5 Å². The van der Waals surface area contributed by atoms with Gasteiger partial charge in [-0.25, -0.2) is 8.42 Å². The molecule has 2 aromatic rings. The van der Waals surface area contributed by atoms with Crippen LogP contribution in [-0.2, 0) is 26.0 Å². The summed E-state index contributed by atoms with van der Waals surface area (Å²) >= 11 is 0. The van der Waals surface area contributed by atoms with Crippen molar-refractivity contribution in [3.8, 4) is 5.75 Å². The summed E-state index contributed by atoms with van der Waals surface area (Å²) < 4.78 is 36.9. The summed E-state index contributed by atoms with van der Waals surface area (Å²) in [6.07, 6.45) is -0.143. The van der Waals surface area contributed by atoms with E-state index >= 15 is 0 Å². The Morgan fingerprint density at radius 2 is 1.84 bits per heavy atom. The molecule has 0 spiro atoms. The number of ether oxygens (including phenoxy) is 2. The lowest BCUT2D eigenvalue weighted by Gasteiger charge is -2.26. The van der Waals surface area contributed by atoms with Crippen LogP contribution in [0, 0.1) is 0 Å². The molecule has 4 rings (SSSR count). The van der Waals surface area contributed by atoms with E-state index in [9.17, 15) is 18.0 Å². The number of sulfonamides is 1. The van der Waals surface area contributed by atoms with Crippen molar-refractivity contribution in [2.24, 2.45) is 0 Å². The highest BCUT2D eigenvalue weighted by Crippen LogP contribution is 2.28. The van der Waals surface area contributed by atoms with Gasteiger partial charge in [-0.3, -0.25) is 9.59 Å². The molecule has 2 N–H and O–H groups in total. The maximum atomic E-state index is 12.6. The topological polar surface area (TPSA) is 114 Å². The molecule has 2 amide bonds. The van der Waals surface area contributed by atoms with Gasteiger partial charge >= 0.3 is 0 Å². The Morgan fingerprint density at radius 1 is 1.06 bits per heavy atom. The van der Waals surface area contributed by atoms with Gasteiger partial charge in [0.2, 0.25) is 10.0 Å². The monoisotopic (exact) mass is 459 g/mol. The van der Waals surface area contributed by atoms with Crippen molar-refractivity contribution in [2.75, 3.05) is 43.9 Å². The van der Waals surface area contributed by atoms with E-state index in [1.54, 1.807) is 24.3 Å². The van der Waals surface area contributed by atoms with E-state index < -0.39 is 22.0 Å². The average Bonchev–Trinajstić information content (AvgIpc) is 3.24. The molecule has 170 valence electrons. The normalized spacial score (nSPS) is 18.4. The van der Waals surface area contributed by atoms with Crippen molar-refractivity contribution in [1.82, 2.24) is 9.62 Å². The predicted octanol–water partition coefficient (Wildman–Crippen LogP) is 1.02. The third-order valence-electron chi connectivity index (χ3n) is 5.34. The highest BCUT2D eigenvalue weighted by molar-refractivity contribution is 7.89. The van der Waals surface area contributed by atoms with E-state index in [4.69, 9.17) is 9.47 Å². The Morgan fingerprint density at radius 3 is 2.62 bits per heavy atom. The third kappa shape index (κ3) is 5.26. The van der Waals surface area contributed by atoms with Crippen molar-refractivity contribution < 1.29 is 27.5 Å². The first kappa shape index (κ1) is 22.3. The fraction of sp³-hybridized carbons (Fsp3) is 0.364. The van der Waals surface area contributed by atoms with Gasteiger partial charge in [-0.2, -0.15) is 4.31 Å². The minimum atomic E-state index is -3.45. The van der Waals surface area contributed by atoms with E-state index in [1.807, 2.05) is 24.3 Å². The van der Waals surface area contributed by atoms with Gasteiger partial charge in [0.25, 0.3) is 11.8 Å². The number of para-hydroxylation sites is 1. The molecular formula is C22H25N3O6S. The molecule has 0 saturated carbocycles. The fourth-order valence-electron chi connectivity index (χ4n) is 3.64. The van der Waals surface area contributed by atoms with Crippen LogP contribution in [0.5, 0.6) is 5.75 Å². The van der Waals surface area contributed by atoms with Crippen LogP contribution >= 0.6 is 0 Å². The Hall–Kier alpha value is -2.95. The summed E-state index contributed by atoms with van der Waals surface area (Å²) in [5.74, 6) is -0.194. The molecular weight excluding hydrogens is 434 g/mol. The van der Waals surface area contributed by atoms with Gasteiger partial charge in [0.1, 0.15) is 5.75 Å². The Labute approximate surface area is 186 Å². The van der Waals surface area contributed by atoms with Gasteiger partial charge in [-0.05, 0) is 29.8 Å². The number of carbonyl (C=O) groups excluding carboxylic acids is 2. The van der Waals surface area contributed by atoms with Gasteiger partial charge in [0, 0.05) is 37.3 Å². The zero-order valence-corrected chi connectivity index (χ0v) is 18.3. The molecule has 0 aliphatic carbocycles. The van der Waals surface area contributed by atoms with Gasteiger partial charge in [0.15, 0.2) is 6.10 Å². The number of benzene rings is 2. The second kappa shape index (κ2) is 9.68. The standard InChI is InChI=1S/C22H25N3O6S/c26-21(23-8-13-32(28,29)25-9-11-30-12-10-25)17-5-3-6-18(14-17)24-22(27)20-15-16-4-1-2-7-19(16)31-20/h1-7,14,20H,8-13,15H2,(H,23,26)(H,24,27). The maximum absolute atomic E-state index is 12.6. The molecule has 1 unspecified atom stereocenters. The molecule has 2 aliphatic heterocycles. The lowest BCUT2D eigenvalue weighted by atomic mass is 10.1. The summed E-state index contributed by atoms with van der Waals surface area (Å²) in [6.45, 7) is 1.40. The van der Waals surface area contributed by atoms with Crippen LogP contribution in [0.2, 0.25) is 0 Å². The molecule has 10 heteroatoms. The number of amides is 2. The number of nitrogens with one attached hydrogen (secondary N) is 2. The number of anilines is 1. The molecule has 32 heavy (non-hydrogen) atoms. The van der Waals surface area contributed by atoms with E-state index in [0.29, 0.717) is 49.7 Å². The van der Waals surface area contributed by atoms with Crippen molar-refractivity contribution in [1.29, 1.82) is 0 Å². The quantitative estimate of drug-likeness (QED) is 0.639. The number of morpholine rings is 1. The van der Waals surface area contributed by atoms with Gasteiger partial charge in [0.05, 0.1) is 19.0 Å². The summed E-state index contributed by atoms with van der Waals surface area (Å²) in [7, 11) is -3.45. The smallest absolute Gasteiger partial charge is 0.265 e. The van der Waals surface area contributed by atoms with Gasteiger partial charge < -0.3 is 20.1 Å². The van der Waals surface area contributed by atoms with Crippen LogP contribution in [0.4, 0.5) is 5.69 Å². The maximum Gasteiger partial charge on any atom is 0.265 e. The summed E-state index contributed by atoms with van der Waals surface area (Å²) in [5.41, 5.74) is 1.76. The first-order valence-electron chi connectivity index (χ1n) is 10.4.